The van der Waals surface area contributed by atoms with Crippen molar-refractivity contribution in [1.29, 1.82) is 0 Å². The van der Waals surface area contributed by atoms with E-state index in [1.165, 1.54) is 17.6 Å². The normalized spacial score (nSPS) is 21.3. The Balaban J connectivity index is 1.63. The van der Waals surface area contributed by atoms with E-state index in [-0.39, 0.29) is 18.2 Å². The Morgan fingerprint density at radius 3 is 2.64 bits per heavy atom. The zero-order chi connectivity index (χ0) is 20.5. The van der Waals surface area contributed by atoms with E-state index in [0.717, 1.165) is 32.1 Å². The topological polar surface area (TPSA) is 35.5 Å². The molecular weight excluding hydrogens is 348 g/mol. The van der Waals surface area contributed by atoms with Gasteiger partial charge in [0.1, 0.15) is 0 Å². The first-order chi connectivity index (χ1) is 13.4. The lowest BCUT2D eigenvalue weighted by molar-refractivity contribution is 0.0295. The summed E-state index contributed by atoms with van der Waals surface area (Å²) in [5.74, 6) is 0.988. The van der Waals surface area contributed by atoms with Gasteiger partial charge in [-0.3, -0.25) is 0 Å². The molecule has 4 atom stereocenters. The first kappa shape index (κ1) is 22.4. The standard InChI is InChI=1S/C25H36O3/c1-18(2)20(4)16-19(3)13-14-24-21(5)17-23(28-24)12-9-15-27-25(26)22-10-7-6-8-11-22/h6-8,10-11,19-20,23-24H,1,5,9,12-17H2,2-4H3/t19-,20-,23+,24+/m1/s1. The molecule has 1 aliphatic rings. The lowest BCUT2D eigenvalue weighted by Crippen LogP contribution is -2.14. The van der Waals surface area contributed by atoms with Gasteiger partial charge >= 0.3 is 5.97 Å². The first-order valence-electron chi connectivity index (χ1n) is 10.6. The molecule has 0 spiro atoms. The number of esters is 1. The van der Waals surface area contributed by atoms with Gasteiger partial charge in [-0.25, -0.2) is 4.79 Å². The molecule has 2 rings (SSSR count). The largest absolute Gasteiger partial charge is 0.462 e. The second-order valence-electron chi connectivity index (χ2n) is 8.42. The number of carbonyl (C=O) groups excluding carboxylic acids is 1. The van der Waals surface area contributed by atoms with Crippen LogP contribution in [0.4, 0.5) is 0 Å². The van der Waals surface area contributed by atoms with Gasteiger partial charge in [0.05, 0.1) is 24.4 Å². The van der Waals surface area contributed by atoms with Crippen LogP contribution < -0.4 is 0 Å². The molecule has 1 fully saturated rings. The average Bonchev–Trinajstić information content (AvgIpc) is 3.03. The highest BCUT2D eigenvalue weighted by Crippen LogP contribution is 2.32. The molecule has 3 heteroatoms. The lowest BCUT2D eigenvalue weighted by atomic mass is 9.88. The number of hydrogen-bond acceptors (Lipinski definition) is 3. The summed E-state index contributed by atoms with van der Waals surface area (Å²) in [6.07, 6.45) is 6.41. The van der Waals surface area contributed by atoms with Crippen molar-refractivity contribution in [2.45, 2.75) is 71.5 Å². The van der Waals surface area contributed by atoms with E-state index in [9.17, 15) is 4.79 Å². The van der Waals surface area contributed by atoms with Gasteiger partial charge in [-0.05, 0) is 75.0 Å². The van der Waals surface area contributed by atoms with E-state index >= 15 is 0 Å². The third-order valence-electron chi connectivity index (χ3n) is 5.73. The first-order valence-corrected chi connectivity index (χ1v) is 10.6. The van der Waals surface area contributed by atoms with Crippen LogP contribution >= 0.6 is 0 Å². The minimum absolute atomic E-state index is 0.180. The molecule has 28 heavy (non-hydrogen) atoms. The van der Waals surface area contributed by atoms with Crippen molar-refractivity contribution in [3.05, 3.63) is 60.2 Å². The number of allylic oxidation sites excluding steroid dienone is 1. The molecule has 154 valence electrons. The number of carbonyl (C=O) groups is 1. The van der Waals surface area contributed by atoms with E-state index in [4.69, 9.17) is 9.47 Å². The summed E-state index contributed by atoms with van der Waals surface area (Å²) in [5, 5.41) is 0. The number of rotatable bonds is 11. The maximum absolute atomic E-state index is 11.9. The molecule has 3 nitrogen and oxygen atoms in total. The van der Waals surface area contributed by atoms with Crippen LogP contribution in [0.2, 0.25) is 0 Å². The molecule has 0 saturated carbocycles. The highest BCUT2D eigenvalue weighted by Gasteiger charge is 2.28. The van der Waals surface area contributed by atoms with Crippen LogP contribution in [0.1, 0.15) is 69.7 Å². The minimum atomic E-state index is -0.256. The molecule has 1 aromatic carbocycles. The van der Waals surface area contributed by atoms with E-state index < -0.39 is 0 Å². The maximum atomic E-state index is 11.9. The fraction of sp³-hybridized carbons (Fsp3) is 0.560. The van der Waals surface area contributed by atoms with Crippen LogP contribution in [0.5, 0.6) is 0 Å². The van der Waals surface area contributed by atoms with Crippen molar-refractivity contribution in [2.24, 2.45) is 11.8 Å². The van der Waals surface area contributed by atoms with E-state index in [2.05, 4.69) is 33.9 Å². The van der Waals surface area contributed by atoms with E-state index in [0.29, 0.717) is 24.0 Å². The minimum Gasteiger partial charge on any atom is -0.462 e. The summed E-state index contributed by atoms with van der Waals surface area (Å²) in [5.41, 5.74) is 3.08. The Morgan fingerprint density at radius 1 is 1.25 bits per heavy atom. The third kappa shape index (κ3) is 7.27. The quantitative estimate of drug-likeness (QED) is 0.253. The van der Waals surface area contributed by atoms with Gasteiger partial charge in [0.2, 0.25) is 0 Å². The molecule has 1 aliphatic heterocycles. The third-order valence-corrected chi connectivity index (χ3v) is 5.73. The van der Waals surface area contributed by atoms with Crippen LogP contribution in [0.25, 0.3) is 0 Å². The Morgan fingerprint density at radius 2 is 1.96 bits per heavy atom. The summed E-state index contributed by atoms with van der Waals surface area (Å²) in [6.45, 7) is 15.4. The van der Waals surface area contributed by atoms with E-state index in [1.807, 2.05) is 18.2 Å². The van der Waals surface area contributed by atoms with Crippen molar-refractivity contribution in [2.75, 3.05) is 6.61 Å². The Bertz CT molecular complexity index is 649. The lowest BCUT2D eigenvalue weighted by Gasteiger charge is -2.20. The van der Waals surface area contributed by atoms with Crippen molar-refractivity contribution >= 4 is 5.97 Å². The molecule has 0 bridgehead atoms. The molecule has 0 aliphatic carbocycles. The maximum Gasteiger partial charge on any atom is 0.338 e. The van der Waals surface area contributed by atoms with Crippen molar-refractivity contribution in [3.8, 4) is 0 Å². The molecular formula is C25H36O3. The Labute approximate surface area is 170 Å². The van der Waals surface area contributed by atoms with Gasteiger partial charge in [-0.2, -0.15) is 0 Å². The molecule has 0 aromatic heterocycles. The van der Waals surface area contributed by atoms with Crippen LogP contribution in [-0.4, -0.2) is 24.8 Å². The number of hydrogen-bond donors (Lipinski definition) is 0. The van der Waals surface area contributed by atoms with Gasteiger partial charge in [0, 0.05) is 0 Å². The summed E-state index contributed by atoms with van der Waals surface area (Å²) in [7, 11) is 0. The van der Waals surface area contributed by atoms with Gasteiger partial charge in [0.15, 0.2) is 0 Å². The monoisotopic (exact) mass is 384 g/mol. The van der Waals surface area contributed by atoms with Crippen LogP contribution in [0.15, 0.2) is 54.6 Å². The van der Waals surface area contributed by atoms with Crippen LogP contribution in [0.3, 0.4) is 0 Å². The van der Waals surface area contributed by atoms with Crippen LogP contribution in [0, 0.1) is 11.8 Å². The van der Waals surface area contributed by atoms with Crippen molar-refractivity contribution in [1.82, 2.24) is 0 Å². The van der Waals surface area contributed by atoms with E-state index in [1.54, 1.807) is 12.1 Å². The fourth-order valence-corrected chi connectivity index (χ4v) is 3.73. The molecule has 1 aromatic rings. The second kappa shape index (κ2) is 11.2. The predicted octanol–water partition coefficient (Wildman–Crippen LogP) is 6.36. The summed E-state index contributed by atoms with van der Waals surface area (Å²) < 4.78 is 11.6. The van der Waals surface area contributed by atoms with Crippen LogP contribution in [-0.2, 0) is 9.47 Å². The Hall–Kier alpha value is -1.87. The van der Waals surface area contributed by atoms with Gasteiger partial charge < -0.3 is 9.47 Å². The zero-order valence-electron chi connectivity index (χ0n) is 17.8. The Kier molecular flexibility index (Phi) is 8.98. The molecule has 0 N–H and O–H groups in total. The summed E-state index contributed by atoms with van der Waals surface area (Å²) in [6, 6.07) is 9.12. The molecule has 0 radical (unpaired) electrons. The molecule has 1 heterocycles. The number of ether oxygens (including phenoxy) is 2. The number of benzene rings is 1. The molecule has 1 saturated heterocycles. The highest BCUT2D eigenvalue weighted by atomic mass is 16.5. The predicted molar refractivity (Wildman–Crippen MR) is 115 cm³/mol. The van der Waals surface area contributed by atoms with Gasteiger partial charge in [0.25, 0.3) is 0 Å². The SMILES string of the molecule is C=C(C)[C@H](C)C[C@H](C)CC[C@@H]1O[C@@H](CCCOC(=O)c2ccccc2)CC1=C. The highest BCUT2D eigenvalue weighted by molar-refractivity contribution is 5.89. The average molecular weight is 385 g/mol. The smallest absolute Gasteiger partial charge is 0.338 e. The summed E-state index contributed by atoms with van der Waals surface area (Å²) in [4.78, 5) is 11.9. The molecule has 0 amide bonds. The second-order valence-corrected chi connectivity index (χ2v) is 8.42. The van der Waals surface area contributed by atoms with Crippen molar-refractivity contribution in [3.63, 3.8) is 0 Å². The summed E-state index contributed by atoms with van der Waals surface area (Å²) >= 11 is 0. The fourth-order valence-electron chi connectivity index (χ4n) is 3.73. The van der Waals surface area contributed by atoms with Gasteiger partial charge in [-0.15, -0.1) is 0 Å². The van der Waals surface area contributed by atoms with Crippen molar-refractivity contribution < 1.29 is 14.3 Å². The zero-order valence-corrected chi connectivity index (χ0v) is 17.8. The van der Waals surface area contributed by atoms with Gasteiger partial charge in [-0.1, -0.05) is 50.8 Å². The molecule has 0 unspecified atom stereocenters.